The van der Waals surface area contributed by atoms with Crippen LogP contribution in [0.3, 0.4) is 0 Å². The van der Waals surface area contributed by atoms with Gasteiger partial charge in [0, 0.05) is 57.1 Å². The predicted octanol–water partition coefficient (Wildman–Crippen LogP) is 2.08. The van der Waals surface area contributed by atoms with Gasteiger partial charge in [-0.15, -0.1) is 0 Å². The van der Waals surface area contributed by atoms with E-state index in [-0.39, 0.29) is 23.5 Å². The lowest BCUT2D eigenvalue weighted by Crippen LogP contribution is -2.52. The summed E-state index contributed by atoms with van der Waals surface area (Å²) in [6, 6.07) is 10.9. The topological polar surface area (TPSA) is 59.0 Å². The van der Waals surface area contributed by atoms with E-state index in [4.69, 9.17) is 0 Å². The molecule has 0 unspecified atom stereocenters. The summed E-state index contributed by atoms with van der Waals surface area (Å²) in [6.07, 6.45) is 6.48. The molecule has 3 aliphatic rings. The van der Waals surface area contributed by atoms with E-state index in [0.29, 0.717) is 13.0 Å². The third kappa shape index (κ3) is 5.90. The zero-order valence-electron chi connectivity index (χ0n) is 19.8. The number of rotatable bonds is 7. The van der Waals surface area contributed by atoms with Crippen LogP contribution in [0, 0.1) is 0 Å². The SMILES string of the molecule is CN1CCN([C@H]2CC[C@](CNC(=O)CCN3CCCC3)(c3ccccc3)CC[C@@H]2O)CC1. The van der Waals surface area contributed by atoms with Crippen molar-refractivity contribution in [3.05, 3.63) is 35.9 Å². The molecule has 1 amide bonds. The molecule has 0 aromatic heterocycles. The molecular weight excluding hydrogens is 400 g/mol. The van der Waals surface area contributed by atoms with Crippen LogP contribution in [0.4, 0.5) is 0 Å². The number of carbonyl (C=O) groups excluding carboxylic acids is 1. The maximum atomic E-state index is 12.7. The van der Waals surface area contributed by atoms with E-state index in [1.165, 1.54) is 18.4 Å². The van der Waals surface area contributed by atoms with Gasteiger partial charge in [0.2, 0.25) is 5.91 Å². The van der Waals surface area contributed by atoms with Crippen molar-refractivity contribution < 1.29 is 9.90 Å². The molecule has 2 N–H and O–H groups in total. The van der Waals surface area contributed by atoms with Crippen LogP contribution in [-0.4, -0.2) is 97.3 Å². The van der Waals surface area contributed by atoms with Crippen LogP contribution < -0.4 is 5.32 Å². The van der Waals surface area contributed by atoms with Gasteiger partial charge in [-0.3, -0.25) is 9.69 Å². The average molecular weight is 443 g/mol. The van der Waals surface area contributed by atoms with E-state index in [1.54, 1.807) is 0 Å². The standard InChI is InChI=1S/C26H42N4O2/c1-28-17-19-30(20-18-28)23-9-12-26(13-10-24(23)31,22-7-3-2-4-8-22)21-27-25(32)11-16-29-14-5-6-15-29/h2-4,7-8,23-24,31H,5-6,9-21H2,1H3,(H,27,32)/t23-,24-,26-/m0/s1. The Balaban J connectivity index is 1.41. The number of amides is 1. The summed E-state index contributed by atoms with van der Waals surface area (Å²) >= 11 is 0. The fourth-order valence-electron chi connectivity index (χ4n) is 5.92. The van der Waals surface area contributed by atoms with Gasteiger partial charge < -0.3 is 20.2 Å². The monoisotopic (exact) mass is 442 g/mol. The second-order valence-electron chi connectivity index (χ2n) is 10.3. The highest BCUT2D eigenvalue weighted by atomic mass is 16.3. The fraction of sp³-hybridized carbons (Fsp3) is 0.731. The molecule has 6 heteroatoms. The van der Waals surface area contributed by atoms with Crippen LogP contribution in [-0.2, 0) is 10.2 Å². The number of carbonyl (C=O) groups is 1. The van der Waals surface area contributed by atoms with Crippen molar-refractivity contribution >= 4 is 5.91 Å². The first kappa shape index (κ1) is 23.7. The Morgan fingerprint density at radius 2 is 1.72 bits per heavy atom. The van der Waals surface area contributed by atoms with Crippen LogP contribution in [0.15, 0.2) is 30.3 Å². The molecule has 2 heterocycles. The van der Waals surface area contributed by atoms with Crippen molar-refractivity contribution in [1.82, 2.24) is 20.0 Å². The largest absolute Gasteiger partial charge is 0.391 e. The Labute approximate surface area is 193 Å². The Bertz CT molecular complexity index is 716. The summed E-state index contributed by atoms with van der Waals surface area (Å²) in [4.78, 5) is 20.0. The minimum atomic E-state index is -0.296. The molecule has 1 aliphatic carbocycles. The maximum absolute atomic E-state index is 12.7. The molecule has 6 nitrogen and oxygen atoms in total. The fourth-order valence-corrected chi connectivity index (χ4v) is 5.92. The van der Waals surface area contributed by atoms with E-state index in [9.17, 15) is 9.90 Å². The molecular formula is C26H42N4O2. The molecule has 1 aromatic rings. The van der Waals surface area contributed by atoms with E-state index in [1.807, 2.05) is 0 Å². The minimum Gasteiger partial charge on any atom is -0.391 e. The number of piperazine rings is 1. The molecule has 2 aliphatic heterocycles. The summed E-state index contributed by atoms with van der Waals surface area (Å²) < 4.78 is 0. The van der Waals surface area contributed by atoms with Gasteiger partial charge in [0.1, 0.15) is 0 Å². The van der Waals surface area contributed by atoms with Gasteiger partial charge in [-0.25, -0.2) is 0 Å². The van der Waals surface area contributed by atoms with Crippen LogP contribution in [0.1, 0.15) is 50.5 Å². The van der Waals surface area contributed by atoms with Crippen molar-refractivity contribution in [2.75, 3.05) is 59.4 Å². The number of hydrogen-bond donors (Lipinski definition) is 2. The van der Waals surface area contributed by atoms with Gasteiger partial charge >= 0.3 is 0 Å². The number of aliphatic hydroxyl groups is 1. The first-order valence-corrected chi connectivity index (χ1v) is 12.7. The Morgan fingerprint density at radius 1 is 1.03 bits per heavy atom. The van der Waals surface area contributed by atoms with Crippen molar-refractivity contribution in [3.8, 4) is 0 Å². The first-order chi connectivity index (χ1) is 15.6. The van der Waals surface area contributed by atoms with Gasteiger partial charge in [-0.05, 0) is 64.2 Å². The van der Waals surface area contributed by atoms with Gasteiger partial charge in [-0.2, -0.15) is 0 Å². The van der Waals surface area contributed by atoms with Gasteiger partial charge in [0.05, 0.1) is 6.10 Å². The lowest BCUT2D eigenvalue weighted by Gasteiger charge is -2.39. The number of nitrogens with zero attached hydrogens (tertiary/aromatic N) is 3. The quantitative estimate of drug-likeness (QED) is 0.633. The Hall–Kier alpha value is -1.47. The van der Waals surface area contributed by atoms with Crippen LogP contribution in [0.5, 0.6) is 0 Å². The summed E-state index contributed by atoms with van der Waals surface area (Å²) in [5.41, 5.74) is 1.19. The smallest absolute Gasteiger partial charge is 0.221 e. The van der Waals surface area contributed by atoms with Crippen LogP contribution in [0.2, 0.25) is 0 Å². The van der Waals surface area contributed by atoms with Crippen molar-refractivity contribution in [1.29, 1.82) is 0 Å². The minimum absolute atomic E-state index is 0.104. The van der Waals surface area contributed by atoms with Crippen molar-refractivity contribution in [2.45, 2.75) is 62.5 Å². The molecule has 32 heavy (non-hydrogen) atoms. The molecule has 0 bridgehead atoms. The molecule has 2 saturated heterocycles. The molecule has 3 fully saturated rings. The highest BCUT2D eigenvalue weighted by Gasteiger charge is 2.40. The zero-order chi connectivity index (χ0) is 22.4. The van der Waals surface area contributed by atoms with E-state index in [0.717, 1.165) is 71.5 Å². The highest BCUT2D eigenvalue weighted by molar-refractivity contribution is 5.76. The summed E-state index contributed by atoms with van der Waals surface area (Å²) in [5.74, 6) is 0.160. The number of benzene rings is 1. The third-order valence-electron chi connectivity index (χ3n) is 8.15. The number of nitrogens with one attached hydrogen (secondary N) is 1. The molecule has 0 spiro atoms. The normalized spacial score (nSPS) is 30.8. The number of likely N-dealkylation sites (N-methyl/N-ethyl adjacent to an activating group) is 1. The van der Waals surface area contributed by atoms with Gasteiger partial charge in [-0.1, -0.05) is 30.3 Å². The Kier molecular flexibility index (Phi) is 8.22. The van der Waals surface area contributed by atoms with Crippen molar-refractivity contribution in [2.24, 2.45) is 0 Å². The van der Waals surface area contributed by atoms with Gasteiger partial charge in [0.15, 0.2) is 0 Å². The predicted molar refractivity (Wildman–Crippen MR) is 129 cm³/mol. The number of aliphatic hydroxyl groups excluding tert-OH is 1. The number of likely N-dealkylation sites (tertiary alicyclic amines) is 1. The summed E-state index contributed by atoms with van der Waals surface area (Å²) in [6.45, 7) is 8.00. The summed E-state index contributed by atoms with van der Waals surface area (Å²) in [7, 11) is 2.17. The Morgan fingerprint density at radius 3 is 2.44 bits per heavy atom. The second-order valence-corrected chi connectivity index (χ2v) is 10.3. The summed E-state index contributed by atoms with van der Waals surface area (Å²) in [5, 5.41) is 14.4. The first-order valence-electron chi connectivity index (χ1n) is 12.7. The molecule has 178 valence electrons. The van der Waals surface area contributed by atoms with E-state index in [2.05, 4.69) is 57.4 Å². The van der Waals surface area contributed by atoms with E-state index >= 15 is 0 Å². The third-order valence-corrected chi connectivity index (χ3v) is 8.15. The van der Waals surface area contributed by atoms with Crippen molar-refractivity contribution in [3.63, 3.8) is 0 Å². The van der Waals surface area contributed by atoms with Gasteiger partial charge in [0.25, 0.3) is 0 Å². The van der Waals surface area contributed by atoms with E-state index < -0.39 is 0 Å². The molecule has 4 rings (SSSR count). The maximum Gasteiger partial charge on any atom is 0.221 e. The number of hydrogen-bond acceptors (Lipinski definition) is 5. The molecule has 1 saturated carbocycles. The lowest BCUT2D eigenvalue weighted by molar-refractivity contribution is -0.121. The lowest BCUT2D eigenvalue weighted by atomic mass is 9.74. The second kappa shape index (κ2) is 11.1. The average Bonchev–Trinajstić information content (AvgIpc) is 3.28. The van der Waals surface area contributed by atoms with Crippen LogP contribution in [0.25, 0.3) is 0 Å². The zero-order valence-corrected chi connectivity index (χ0v) is 19.8. The highest BCUT2D eigenvalue weighted by Crippen LogP contribution is 2.39. The molecule has 1 aromatic carbocycles. The molecule has 0 radical (unpaired) electrons. The van der Waals surface area contributed by atoms with Crippen LogP contribution >= 0.6 is 0 Å². The molecule has 3 atom stereocenters.